The van der Waals surface area contributed by atoms with Gasteiger partial charge in [-0.25, -0.2) is 0 Å². The molecule has 0 unspecified atom stereocenters. The van der Waals surface area contributed by atoms with Crippen LogP contribution >= 0.6 is 0 Å². The molecule has 0 amide bonds. The van der Waals surface area contributed by atoms with Crippen LogP contribution in [0.25, 0.3) is 0 Å². The predicted octanol–water partition coefficient (Wildman–Crippen LogP) is 2.76. The number of anilines is 1. The highest BCUT2D eigenvalue weighted by atomic mass is 16.6. The van der Waals surface area contributed by atoms with Crippen LogP contribution < -0.4 is 15.2 Å². The van der Waals surface area contributed by atoms with Gasteiger partial charge in [-0.05, 0) is 30.3 Å². The average Bonchev–Trinajstić information content (AvgIpc) is 2.46. The van der Waals surface area contributed by atoms with Crippen molar-refractivity contribution >= 4 is 11.4 Å². The van der Waals surface area contributed by atoms with Gasteiger partial charge in [-0.2, -0.15) is 0 Å². The number of rotatable bonds is 5. The molecular weight excluding hydrogens is 260 g/mol. The molecule has 6 heteroatoms. The van der Waals surface area contributed by atoms with Crippen LogP contribution in [-0.4, -0.2) is 12.0 Å². The Labute approximate surface area is 115 Å². The lowest BCUT2D eigenvalue weighted by atomic mass is 10.1. The molecule has 2 aromatic rings. The van der Waals surface area contributed by atoms with Crippen LogP contribution in [0.3, 0.4) is 0 Å². The molecule has 20 heavy (non-hydrogen) atoms. The van der Waals surface area contributed by atoms with Crippen LogP contribution in [0, 0.1) is 10.1 Å². The Morgan fingerprint density at radius 1 is 1.15 bits per heavy atom. The van der Waals surface area contributed by atoms with E-state index in [4.69, 9.17) is 15.2 Å². The molecule has 0 saturated heterocycles. The van der Waals surface area contributed by atoms with E-state index in [9.17, 15) is 10.1 Å². The van der Waals surface area contributed by atoms with Crippen LogP contribution in [0.4, 0.5) is 11.4 Å². The Bertz CT molecular complexity index is 611. The first kappa shape index (κ1) is 13.7. The molecule has 104 valence electrons. The second-order valence-electron chi connectivity index (χ2n) is 4.10. The number of methoxy groups -OCH3 is 1. The number of nitrogens with two attached hydrogens (primary N) is 1. The molecule has 2 N–H and O–H groups in total. The number of nitro benzene ring substituents is 1. The van der Waals surface area contributed by atoms with E-state index in [0.29, 0.717) is 17.0 Å². The Hall–Kier alpha value is -2.76. The highest BCUT2D eigenvalue weighted by molar-refractivity contribution is 5.52. The SMILES string of the molecule is COc1ccc(OCc2cc([N+](=O)[O-])ccc2N)cc1. The van der Waals surface area contributed by atoms with E-state index in [1.807, 2.05) is 0 Å². The molecular formula is C14H14N2O4. The maximum Gasteiger partial charge on any atom is 0.269 e. The first-order chi connectivity index (χ1) is 9.60. The normalized spacial score (nSPS) is 10.1. The molecule has 0 heterocycles. The number of hydrogen-bond donors (Lipinski definition) is 1. The minimum atomic E-state index is -0.462. The van der Waals surface area contributed by atoms with E-state index in [1.54, 1.807) is 31.4 Å². The molecule has 0 aliphatic carbocycles. The van der Waals surface area contributed by atoms with Gasteiger partial charge < -0.3 is 15.2 Å². The fraction of sp³-hybridized carbons (Fsp3) is 0.143. The zero-order valence-corrected chi connectivity index (χ0v) is 10.9. The van der Waals surface area contributed by atoms with Crippen molar-refractivity contribution in [1.82, 2.24) is 0 Å². The standard InChI is InChI=1S/C14H14N2O4/c1-19-12-3-5-13(6-4-12)20-9-10-8-11(16(17)18)2-7-14(10)15/h2-8H,9,15H2,1H3. The van der Waals surface area contributed by atoms with Crippen molar-refractivity contribution < 1.29 is 14.4 Å². The van der Waals surface area contributed by atoms with Crippen LogP contribution in [0.5, 0.6) is 11.5 Å². The third-order valence-corrected chi connectivity index (χ3v) is 2.79. The summed E-state index contributed by atoms with van der Waals surface area (Å²) in [6.07, 6.45) is 0. The number of non-ortho nitro benzene ring substituents is 1. The van der Waals surface area contributed by atoms with Gasteiger partial charge in [0.1, 0.15) is 18.1 Å². The Balaban J connectivity index is 2.09. The van der Waals surface area contributed by atoms with Crippen LogP contribution in [0.2, 0.25) is 0 Å². The largest absolute Gasteiger partial charge is 0.497 e. The maximum absolute atomic E-state index is 10.7. The second-order valence-corrected chi connectivity index (χ2v) is 4.10. The third-order valence-electron chi connectivity index (χ3n) is 2.79. The monoisotopic (exact) mass is 274 g/mol. The van der Waals surface area contributed by atoms with Crippen LogP contribution in [0.15, 0.2) is 42.5 Å². The smallest absolute Gasteiger partial charge is 0.269 e. The average molecular weight is 274 g/mol. The molecule has 0 atom stereocenters. The summed E-state index contributed by atoms with van der Waals surface area (Å²) in [5.74, 6) is 1.36. The van der Waals surface area contributed by atoms with Gasteiger partial charge in [0, 0.05) is 23.4 Å². The summed E-state index contributed by atoms with van der Waals surface area (Å²) in [5, 5.41) is 10.7. The Morgan fingerprint density at radius 2 is 1.80 bits per heavy atom. The lowest BCUT2D eigenvalue weighted by Crippen LogP contribution is -2.01. The van der Waals surface area contributed by atoms with Crippen LogP contribution in [-0.2, 0) is 6.61 Å². The first-order valence-electron chi connectivity index (χ1n) is 5.90. The van der Waals surface area contributed by atoms with Gasteiger partial charge in [-0.15, -0.1) is 0 Å². The zero-order chi connectivity index (χ0) is 14.5. The fourth-order valence-electron chi connectivity index (χ4n) is 1.66. The van der Waals surface area contributed by atoms with Crippen molar-refractivity contribution in [3.63, 3.8) is 0 Å². The molecule has 0 aromatic heterocycles. The number of nitrogen functional groups attached to an aromatic ring is 1. The van der Waals surface area contributed by atoms with E-state index in [2.05, 4.69) is 0 Å². The fourth-order valence-corrected chi connectivity index (χ4v) is 1.66. The highest BCUT2D eigenvalue weighted by Crippen LogP contribution is 2.22. The lowest BCUT2D eigenvalue weighted by molar-refractivity contribution is -0.384. The lowest BCUT2D eigenvalue weighted by Gasteiger charge is -2.09. The number of nitrogens with zero attached hydrogens (tertiary/aromatic N) is 1. The highest BCUT2D eigenvalue weighted by Gasteiger charge is 2.09. The molecule has 0 spiro atoms. The number of hydrogen-bond acceptors (Lipinski definition) is 5. The Kier molecular flexibility index (Phi) is 4.05. The molecule has 0 saturated carbocycles. The summed E-state index contributed by atoms with van der Waals surface area (Å²) < 4.78 is 10.6. The summed E-state index contributed by atoms with van der Waals surface area (Å²) in [6.45, 7) is 0.167. The molecule has 0 radical (unpaired) electrons. The van der Waals surface area contributed by atoms with E-state index in [1.165, 1.54) is 18.2 Å². The molecule has 0 bridgehead atoms. The van der Waals surface area contributed by atoms with E-state index in [-0.39, 0.29) is 12.3 Å². The number of benzene rings is 2. The van der Waals surface area contributed by atoms with Gasteiger partial charge in [0.15, 0.2) is 0 Å². The quantitative estimate of drug-likeness (QED) is 0.514. The van der Waals surface area contributed by atoms with Crippen LogP contribution in [0.1, 0.15) is 5.56 Å². The minimum absolute atomic E-state index is 0.00692. The summed E-state index contributed by atoms with van der Waals surface area (Å²) in [7, 11) is 1.58. The molecule has 2 rings (SSSR count). The minimum Gasteiger partial charge on any atom is -0.497 e. The van der Waals surface area contributed by atoms with Crippen molar-refractivity contribution in [1.29, 1.82) is 0 Å². The van der Waals surface area contributed by atoms with Crippen molar-refractivity contribution in [3.8, 4) is 11.5 Å². The van der Waals surface area contributed by atoms with Gasteiger partial charge in [-0.3, -0.25) is 10.1 Å². The molecule has 6 nitrogen and oxygen atoms in total. The van der Waals surface area contributed by atoms with Gasteiger partial charge in [0.25, 0.3) is 5.69 Å². The molecule has 0 fully saturated rings. The summed E-state index contributed by atoms with van der Waals surface area (Å²) in [4.78, 5) is 10.3. The van der Waals surface area contributed by atoms with Gasteiger partial charge in [0.2, 0.25) is 0 Å². The molecule has 2 aromatic carbocycles. The topological polar surface area (TPSA) is 87.6 Å². The molecule has 0 aliphatic rings. The van der Waals surface area contributed by atoms with Crippen molar-refractivity contribution in [2.45, 2.75) is 6.61 Å². The van der Waals surface area contributed by atoms with Gasteiger partial charge in [-0.1, -0.05) is 0 Å². The third kappa shape index (κ3) is 3.17. The van der Waals surface area contributed by atoms with E-state index < -0.39 is 4.92 Å². The summed E-state index contributed by atoms with van der Waals surface area (Å²) in [6, 6.07) is 11.3. The predicted molar refractivity (Wildman–Crippen MR) is 74.8 cm³/mol. The van der Waals surface area contributed by atoms with Crippen molar-refractivity contribution in [2.24, 2.45) is 0 Å². The van der Waals surface area contributed by atoms with Crippen molar-refractivity contribution in [2.75, 3.05) is 12.8 Å². The summed E-state index contributed by atoms with van der Waals surface area (Å²) in [5.41, 5.74) is 6.81. The second kappa shape index (κ2) is 5.92. The van der Waals surface area contributed by atoms with Gasteiger partial charge >= 0.3 is 0 Å². The number of ether oxygens (including phenoxy) is 2. The van der Waals surface area contributed by atoms with E-state index >= 15 is 0 Å². The Morgan fingerprint density at radius 3 is 2.40 bits per heavy atom. The first-order valence-corrected chi connectivity index (χ1v) is 5.90. The van der Waals surface area contributed by atoms with E-state index in [0.717, 1.165) is 5.75 Å². The van der Waals surface area contributed by atoms with Crippen molar-refractivity contribution in [3.05, 3.63) is 58.1 Å². The van der Waals surface area contributed by atoms with Gasteiger partial charge in [0.05, 0.1) is 12.0 Å². The molecule has 0 aliphatic heterocycles. The number of nitro groups is 1. The maximum atomic E-state index is 10.7. The summed E-state index contributed by atoms with van der Waals surface area (Å²) >= 11 is 0. The zero-order valence-electron chi connectivity index (χ0n) is 10.9.